The Morgan fingerprint density at radius 2 is 2.11 bits per heavy atom. The second-order valence-electron chi connectivity index (χ2n) is 4.29. The zero-order valence-electron chi connectivity index (χ0n) is 10.7. The fraction of sp³-hybridized carbons (Fsp3) is 0.500. The minimum atomic E-state index is -4.49. The van der Waals surface area contributed by atoms with E-state index in [1.54, 1.807) is 0 Å². The lowest BCUT2D eigenvalue weighted by atomic mass is 10.2. The van der Waals surface area contributed by atoms with Gasteiger partial charge >= 0.3 is 6.18 Å². The highest BCUT2D eigenvalue weighted by molar-refractivity contribution is 7.99. The molecule has 1 rings (SSSR count). The van der Waals surface area contributed by atoms with Gasteiger partial charge in [0.15, 0.2) is 0 Å². The predicted octanol–water partition coefficient (Wildman–Crippen LogP) is 3.52. The fourth-order valence-electron chi connectivity index (χ4n) is 1.25. The maximum Gasteiger partial charge on any atom is 0.433 e. The molecule has 0 saturated carbocycles. The van der Waals surface area contributed by atoms with Gasteiger partial charge in [-0.2, -0.15) is 13.2 Å². The molecular formula is C12H16F3N3S. The molecule has 19 heavy (non-hydrogen) atoms. The number of thioether (sulfide) groups is 1. The summed E-state index contributed by atoms with van der Waals surface area (Å²) in [5, 5.41) is 7.55. The predicted molar refractivity (Wildman–Crippen MR) is 70.4 cm³/mol. The van der Waals surface area contributed by atoms with E-state index in [9.17, 15) is 13.2 Å². The minimum Gasteiger partial charge on any atom is -0.384 e. The van der Waals surface area contributed by atoms with E-state index < -0.39 is 11.9 Å². The molecule has 1 aromatic heterocycles. The van der Waals surface area contributed by atoms with E-state index in [4.69, 9.17) is 11.1 Å². The average molecular weight is 291 g/mol. The summed E-state index contributed by atoms with van der Waals surface area (Å²) < 4.78 is 37.8. The van der Waals surface area contributed by atoms with Crippen molar-refractivity contribution in [1.82, 2.24) is 4.98 Å². The highest BCUT2D eigenvalue weighted by atomic mass is 32.2. The van der Waals surface area contributed by atoms with Crippen molar-refractivity contribution < 1.29 is 13.2 Å². The Bertz CT molecular complexity index is 460. The summed E-state index contributed by atoms with van der Waals surface area (Å²) in [6, 6.07) is 2.06. The molecule has 1 atom stereocenters. The molecule has 3 nitrogen and oxygen atoms in total. The lowest BCUT2D eigenvalue weighted by Crippen LogP contribution is -2.16. The number of alkyl halides is 3. The van der Waals surface area contributed by atoms with Crippen LogP contribution in [0.4, 0.5) is 13.2 Å². The Labute approximate surface area is 114 Å². The van der Waals surface area contributed by atoms with Crippen LogP contribution < -0.4 is 5.73 Å². The molecule has 1 unspecified atom stereocenters. The number of nitrogens with zero attached hydrogens (tertiary/aromatic N) is 1. The van der Waals surface area contributed by atoms with Crippen molar-refractivity contribution in [3.05, 3.63) is 23.4 Å². The Hall–Kier alpha value is -1.24. The number of amidine groups is 1. The van der Waals surface area contributed by atoms with Crippen molar-refractivity contribution in [2.24, 2.45) is 11.7 Å². The third-order valence-electron chi connectivity index (χ3n) is 2.64. The second kappa shape index (κ2) is 6.27. The summed E-state index contributed by atoms with van der Waals surface area (Å²) >= 11 is 1.21. The van der Waals surface area contributed by atoms with Crippen molar-refractivity contribution in [2.45, 2.75) is 31.5 Å². The highest BCUT2D eigenvalue weighted by Gasteiger charge is 2.33. The molecule has 7 heteroatoms. The van der Waals surface area contributed by atoms with Crippen LogP contribution in [0.15, 0.2) is 17.2 Å². The molecule has 1 heterocycles. The maximum atomic E-state index is 12.6. The Morgan fingerprint density at radius 3 is 2.58 bits per heavy atom. The van der Waals surface area contributed by atoms with Crippen LogP contribution in [-0.2, 0) is 6.18 Å². The van der Waals surface area contributed by atoms with Gasteiger partial charge in [0.2, 0.25) is 0 Å². The molecule has 0 spiro atoms. The molecule has 3 N–H and O–H groups in total. The second-order valence-corrected chi connectivity index (χ2v) is 5.29. The first-order chi connectivity index (χ1) is 8.75. The minimum absolute atomic E-state index is 0.169. The van der Waals surface area contributed by atoms with E-state index in [1.165, 1.54) is 17.8 Å². The molecule has 0 aliphatic heterocycles. The van der Waals surface area contributed by atoms with Gasteiger partial charge in [-0.3, -0.25) is 5.41 Å². The third-order valence-corrected chi connectivity index (χ3v) is 3.96. The maximum absolute atomic E-state index is 12.6. The van der Waals surface area contributed by atoms with Crippen LogP contribution in [0, 0.1) is 11.3 Å². The van der Waals surface area contributed by atoms with E-state index in [0.717, 1.165) is 12.5 Å². The SMILES string of the molecule is CCC(C)CSc1nc(C(F)(F)F)ccc1C(=N)N. The van der Waals surface area contributed by atoms with Gasteiger partial charge in [-0.15, -0.1) is 11.8 Å². The third kappa shape index (κ3) is 4.41. The van der Waals surface area contributed by atoms with Crippen LogP contribution >= 0.6 is 11.8 Å². The van der Waals surface area contributed by atoms with E-state index >= 15 is 0 Å². The van der Waals surface area contributed by atoms with E-state index in [-0.39, 0.29) is 16.4 Å². The molecule has 1 aromatic rings. The fourth-order valence-corrected chi connectivity index (χ4v) is 2.43. The van der Waals surface area contributed by atoms with Gasteiger partial charge in [0.25, 0.3) is 0 Å². The monoisotopic (exact) mass is 291 g/mol. The molecule has 0 aliphatic carbocycles. The van der Waals surface area contributed by atoms with Gasteiger partial charge in [0.05, 0.1) is 0 Å². The molecule has 0 aromatic carbocycles. The van der Waals surface area contributed by atoms with Crippen LogP contribution in [0.25, 0.3) is 0 Å². The molecule has 0 bridgehead atoms. The van der Waals surface area contributed by atoms with Gasteiger partial charge in [0, 0.05) is 11.3 Å². The quantitative estimate of drug-likeness (QED) is 0.495. The summed E-state index contributed by atoms with van der Waals surface area (Å²) in [6.07, 6.45) is -3.55. The lowest BCUT2D eigenvalue weighted by molar-refractivity contribution is -0.141. The van der Waals surface area contributed by atoms with Gasteiger partial charge in [-0.05, 0) is 18.1 Å². The van der Waals surface area contributed by atoms with E-state index in [0.29, 0.717) is 11.7 Å². The summed E-state index contributed by atoms with van der Waals surface area (Å²) in [4.78, 5) is 3.59. The number of nitrogens with one attached hydrogen (secondary N) is 1. The van der Waals surface area contributed by atoms with Crippen molar-refractivity contribution in [3.63, 3.8) is 0 Å². The summed E-state index contributed by atoms with van der Waals surface area (Å²) in [5.74, 6) is 0.736. The number of nitrogen functional groups attached to an aromatic ring is 1. The molecule has 0 fully saturated rings. The molecule has 0 saturated heterocycles. The number of aromatic nitrogens is 1. The van der Waals surface area contributed by atoms with Crippen molar-refractivity contribution in [2.75, 3.05) is 5.75 Å². The largest absolute Gasteiger partial charge is 0.433 e. The highest BCUT2D eigenvalue weighted by Crippen LogP contribution is 2.31. The summed E-state index contributed by atoms with van der Waals surface area (Å²) in [6.45, 7) is 4.02. The Kier molecular flexibility index (Phi) is 5.22. The lowest BCUT2D eigenvalue weighted by Gasteiger charge is -2.13. The number of halogens is 3. The first kappa shape index (κ1) is 15.8. The zero-order valence-corrected chi connectivity index (χ0v) is 11.5. The topological polar surface area (TPSA) is 62.8 Å². The number of hydrogen-bond donors (Lipinski definition) is 2. The van der Waals surface area contributed by atoms with Gasteiger partial charge in [0.1, 0.15) is 16.6 Å². The average Bonchev–Trinajstić information content (AvgIpc) is 2.34. The smallest absolute Gasteiger partial charge is 0.384 e. The zero-order chi connectivity index (χ0) is 14.6. The number of pyridine rings is 1. The Balaban J connectivity index is 3.06. The number of hydrogen-bond acceptors (Lipinski definition) is 3. The first-order valence-electron chi connectivity index (χ1n) is 5.81. The van der Waals surface area contributed by atoms with Crippen LogP contribution in [-0.4, -0.2) is 16.6 Å². The summed E-state index contributed by atoms with van der Waals surface area (Å²) in [7, 11) is 0. The van der Waals surface area contributed by atoms with Crippen molar-refractivity contribution >= 4 is 17.6 Å². The molecule has 106 valence electrons. The summed E-state index contributed by atoms with van der Waals surface area (Å²) in [5.41, 5.74) is 4.66. The van der Waals surface area contributed by atoms with Gasteiger partial charge in [-0.25, -0.2) is 4.98 Å². The van der Waals surface area contributed by atoms with Gasteiger partial charge in [-0.1, -0.05) is 20.3 Å². The Morgan fingerprint density at radius 1 is 1.47 bits per heavy atom. The molecule has 0 aliphatic rings. The normalized spacial score (nSPS) is 13.3. The van der Waals surface area contributed by atoms with Crippen LogP contribution in [0.1, 0.15) is 31.5 Å². The molecular weight excluding hydrogens is 275 g/mol. The van der Waals surface area contributed by atoms with E-state index in [2.05, 4.69) is 4.98 Å². The molecule has 0 amide bonds. The van der Waals surface area contributed by atoms with Gasteiger partial charge < -0.3 is 5.73 Å². The number of nitrogens with two attached hydrogens (primary N) is 1. The van der Waals surface area contributed by atoms with Crippen molar-refractivity contribution in [3.8, 4) is 0 Å². The molecule has 0 radical (unpaired) electrons. The van der Waals surface area contributed by atoms with Crippen LogP contribution in [0.2, 0.25) is 0 Å². The van der Waals surface area contributed by atoms with Crippen LogP contribution in [0.3, 0.4) is 0 Å². The number of rotatable bonds is 5. The first-order valence-corrected chi connectivity index (χ1v) is 6.79. The van der Waals surface area contributed by atoms with Crippen LogP contribution in [0.5, 0.6) is 0 Å². The van der Waals surface area contributed by atoms with Crippen molar-refractivity contribution in [1.29, 1.82) is 5.41 Å². The van der Waals surface area contributed by atoms with E-state index in [1.807, 2.05) is 13.8 Å². The standard InChI is InChI=1S/C12H16F3N3S/c1-3-7(2)6-19-11-8(10(16)17)4-5-9(18-11)12(13,14)15/h4-5,7H,3,6H2,1-2H3,(H3,16,17).